The topological polar surface area (TPSA) is 71.3 Å². The number of benzene rings is 1. The van der Waals surface area contributed by atoms with Crippen LogP contribution in [-0.2, 0) is 6.54 Å². The van der Waals surface area contributed by atoms with E-state index >= 15 is 0 Å². The molecule has 1 aliphatic rings. The van der Waals surface area contributed by atoms with Crippen LogP contribution in [-0.4, -0.2) is 41.2 Å². The molecule has 0 amide bonds. The number of ether oxygens (including phenoxy) is 2. The number of halogens is 1. The Bertz CT molecular complexity index is 745. The van der Waals surface area contributed by atoms with Crippen molar-refractivity contribution in [3.05, 3.63) is 47.5 Å². The summed E-state index contributed by atoms with van der Waals surface area (Å²) < 4.78 is 24.7. The summed E-state index contributed by atoms with van der Waals surface area (Å²) in [5, 5.41) is 8.78. The fourth-order valence-corrected chi connectivity index (χ4v) is 2.64. The van der Waals surface area contributed by atoms with Crippen molar-refractivity contribution in [2.45, 2.75) is 19.1 Å². The zero-order chi connectivity index (χ0) is 16.9. The molecular weight excluding hydrogens is 311 g/mol. The first-order chi connectivity index (χ1) is 11.7. The van der Waals surface area contributed by atoms with Gasteiger partial charge in [-0.2, -0.15) is 15.2 Å². The van der Waals surface area contributed by atoms with Gasteiger partial charge in [-0.25, -0.2) is 4.39 Å². The van der Waals surface area contributed by atoms with Crippen LogP contribution in [0.5, 0.6) is 11.8 Å². The molecule has 1 saturated heterocycles. The summed E-state index contributed by atoms with van der Waals surface area (Å²) in [6.07, 6.45) is 3.91. The lowest BCUT2D eigenvalue weighted by Crippen LogP contribution is -2.25. The van der Waals surface area contributed by atoms with Gasteiger partial charge in [-0.05, 0) is 18.6 Å². The standard InChI is InChI=1S/C17H17FN4O2/c1-23-15-8-20-17(21-9-15)24-14-4-5-22(11-14)10-13-3-2-12(7-19)6-16(13)18/h2-3,6,8-9,14H,4-5,10-11H2,1H3. The monoisotopic (exact) mass is 328 g/mol. The van der Waals surface area contributed by atoms with Gasteiger partial charge in [0.1, 0.15) is 11.9 Å². The van der Waals surface area contributed by atoms with Crippen LogP contribution in [0.15, 0.2) is 30.6 Å². The van der Waals surface area contributed by atoms with E-state index in [2.05, 4.69) is 14.9 Å². The summed E-state index contributed by atoms with van der Waals surface area (Å²) >= 11 is 0. The Morgan fingerprint density at radius 3 is 2.83 bits per heavy atom. The first-order valence-corrected chi connectivity index (χ1v) is 7.61. The van der Waals surface area contributed by atoms with E-state index < -0.39 is 0 Å². The normalized spacial score (nSPS) is 17.5. The third kappa shape index (κ3) is 3.78. The van der Waals surface area contributed by atoms with E-state index in [4.69, 9.17) is 14.7 Å². The molecule has 2 heterocycles. The molecule has 0 saturated carbocycles. The third-order valence-corrected chi connectivity index (χ3v) is 3.92. The Labute approximate surface area is 139 Å². The number of rotatable bonds is 5. The van der Waals surface area contributed by atoms with Gasteiger partial charge in [-0.1, -0.05) is 6.07 Å². The number of nitrogens with zero attached hydrogens (tertiary/aromatic N) is 4. The van der Waals surface area contributed by atoms with Crippen molar-refractivity contribution < 1.29 is 13.9 Å². The molecule has 24 heavy (non-hydrogen) atoms. The van der Waals surface area contributed by atoms with Gasteiger partial charge in [0, 0.05) is 25.2 Å². The predicted octanol–water partition coefficient (Wildman–Crippen LogP) is 2.15. The van der Waals surface area contributed by atoms with E-state index in [1.165, 1.54) is 6.07 Å². The van der Waals surface area contributed by atoms with Crippen LogP contribution in [0, 0.1) is 17.1 Å². The van der Waals surface area contributed by atoms with Crippen molar-refractivity contribution in [2.24, 2.45) is 0 Å². The minimum absolute atomic E-state index is 0.0279. The highest BCUT2D eigenvalue weighted by atomic mass is 19.1. The third-order valence-electron chi connectivity index (χ3n) is 3.92. The number of hydrogen-bond acceptors (Lipinski definition) is 6. The highest BCUT2D eigenvalue weighted by Crippen LogP contribution is 2.20. The van der Waals surface area contributed by atoms with E-state index in [1.807, 2.05) is 6.07 Å². The van der Waals surface area contributed by atoms with Gasteiger partial charge in [-0.3, -0.25) is 4.90 Å². The van der Waals surface area contributed by atoms with Gasteiger partial charge in [0.2, 0.25) is 0 Å². The van der Waals surface area contributed by atoms with Crippen LogP contribution in [0.1, 0.15) is 17.5 Å². The molecule has 1 unspecified atom stereocenters. The van der Waals surface area contributed by atoms with Crippen molar-refractivity contribution >= 4 is 0 Å². The molecule has 0 radical (unpaired) electrons. The van der Waals surface area contributed by atoms with Crippen LogP contribution < -0.4 is 9.47 Å². The fourth-order valence-electron chi connectivity index (χ4n) is 2.64. The quantitative estimate of drug-likeness (QED) is 0.837. The van der Waals surface area contributed by atoms with E-state index in [-0.39, 0.29) is 11.9 Å². The van der Waals surface area contributed by atoms with Gasteiger partial charge >= 0.3 is 6.01 Å². The van der Waals surface area contributed by atoms with Gasteiger partial charge < -0.3 is 9.47 Å². The van der Waals surface area contributed by atoms with Crippen molar-refractivity contribution in [3.8, 4) is 17.8 Å². The molecule has 0 spiro atoms. The lowest BCUT2D eigenvalue weighted by atomic mass is 10.1. The summed E-state index contributed by atoms with van der Waals surface area (Å²) in [6.45, 7) is 1.97. The van der Waals surface area contributed by atoms with Crippen molar-refractivity contribution in [1.82, 2.24) is 14.9 Å². The molecule has 1 atom stereocenters. The highest BCUT2D eigenvalue weighted by Gasteiger charge is 2.25. The first-order valence-electron chi connectivity index (χ1n) is 7.61. The molecule has 0 bridgehead atoms. The number of nitriles is 1. The molecule has 6 nitrogen and oxygen atoms in total. The maximum atomic E-state index is 14.0. The molecule has 1 aromatic heterocycles. The molecule has 1 fully saturated rings. The molecule has 0 aliphatic carbocycles. The Morgan fingerprint density at radius 1 is 1.38 bits per heavy atom. The predicted molar refractivity (Wildman–Crippen MR) is 84.0 cm³/mol. The molecule has 124 valence electrons. The van der Waals surface area contributed by atoms with Gasteiger partial charge in [-0.15, -0.1) is 0 Å². The first kappa shape index (κ1) is 16.1. The second kappa shape index (κ2) is 7.23. The molecule has 1 aromatic carbocycles. The Kier molecular flexibility index (Phi) is 4.87. The average Bonchev–Trinajstić information content (AvgIpc) is 3.04. The fraction of sp³-hybridized carbons (Fsp3) is 0.353. The van der Waals surface area contributed by atoms with E-state index in [0.29, 0.717) is 36.0 Å². The summed E-state index contributed by atoms with van der Waals surface area (Å²) in [7, 11) is 1.55. The van der Waals surface area contributed by atoms with Crippen LogP contribution in [0.2, 0.25) is 0 Å². The summed E-state index contributed by atoms with van der Waals surface area (Å²) in [6, 6.07) is 6.81. The van der Waals surface area contributed by atoms with Crippen LogP contribution in [0.25, 0.3) is 0 Å². The van der Waals surface area contributed by atoms with Crippen molar-refractivity contribution in [3.63, 3.8) is 0 Å². The van der Waals surface area contributed by atoms with Crippen LogP contribution in [0.4, 0.5) is 4.39 Å². The lowest BCUT2D eigenvalue weighted by molar-refractivity contribution is 0.182. The summed E-state index contributed by atoms with van der Waals surface area (Å²) in [5.74, 6) is 0.226. The number of methoxy groups -OCH3 is 1. The molecular formula is C17H17FN4O2. The Morgan fingerprint density at radius 2 is 2.17 bits per heavy atom. The summed E-state index contributed by atoms with van der Waals surface area (Å²) in [4.78, 5) is 10.3. The van der Waals surface area contributed by atoms with Crippen LogP contribution in [0.3, 0.4) is 0 Å². The summed E-state index contributed by atoms with van der Waals surface area (Å²) in [5.41, 5.74) is 0.908. The van der Waals surface area contributed by atoms with E-state index in [9.17, 15) is 4.39 Å². The second-order valence-corrected chi connectivity index (χ2v) is 5.59. The lowest BCUT2D eigenvalue weighted by Gasteiger charge is -2.16. The minimum Gasteiger partial charge on any atom is -0.494 e. The molecule has 2 aromatic rings. The molecule has 7 heteroatoms. The molecule has 1 aliphatic heterocycles. The smallest absolute Gasteiger partial charge is 0.316 e. The van der Waals surface area contributed by atoms with Gasteiger partial charge in [0.25, 0.3) is 0 Å². The Hall–Kier alpha value is -2.72. The maximum absolute atomic E-state index is 14.0. The second-order valence-electron chi connectivity index (χ2n) is 5.59. The largest absolute Gasteiger partial charge is 0.494 e. The number of likely N-dealkylation sites (tertiary alicyclic amines) is 1. The minimum atomic E-state index is -0.350. The number of hydrogen-bond donors (Lipinski definition) is 0. The van der Waals surface area contributed by atoms with E-state index in [0.717, 1.165) is 13.0 Å². The molecule has 3 rings (SSSR count). The SMILES string of the molecule is COc1cnc(OC2CCN(Cc3ccc(C#N)cc3F)C2)nc1. The molecule has 0 N–H and O–H groups in total. The zero-order valence-corrected chi connectivity index (χ0v) is 13.3. The number of aromatic nitrogens is 2. The van der Waals surface area contributed by atoms with E-state index in [1.54, 1.807) is 31.6 Å². The maximum Gasteiger partial charge on any atom is 0.316 e. The zero-order valence-electron chi connectivity index (χ0n) is 13.3. The van der Waals surface area contributed by atoms with Gasteiger partial charge in [0.15, 0.2) is 5.75 Å². The van der Waals surface area contributed by atoms with Crippen molar-refractivity contribution in [1.29, 1.82) is 5.26 Å². The van der Waals surface area contributed by atoms with Crippen LogP contribution >= 0.6 is 0 Å². The van der Waals surface area contributed by atoms with Crippen molar-refractivity contribution in [2.75, 3.05) is 20.2 Å². The Balaban J connectivity index is 1.56. The van der Waals surface area contributed by atoms with Gasteiger partial charge in [0.05, 0.1) is 31.1 Å². The highest BCUT2D eigenvalue weighted by molar-refractivity contribution is 5.32. The average molecular weight is 328 g/mol.